The lowest BCUT2D eigenvalue weighted by Crippen LogP contribution is -2.50. The highest BCUT2D eigenvalue weighted by molar-refractivity contribution is 6.65. The lowest BCUT2D eigenvalue weighted by atomic mass is 10.3. The van der Waals surface area contributed by atoms with Crippen LogP contribution in [0.5, 0.6) is 0 Å². The fourth-order valence-electron chi connectivity index (χ4n) is 1.23. The zero-order valence-electron chi connectivity index (χ0n) is 12.5. The Balaban J connectivity index is 4.82. The molecule has 0 atom stereocenters. The standard InChI is InChI=1S/C12H19NO7Si/c1-6-21(18-9(4)14,19-10(5)15)20-11(16)7-13-12(17)8(2)3/h2,6-7H2,1,3-5H3,(H,13,17). The molecule has 8 nitrogen and oxygen atoms in total. The molecule has 1 amide bonds. The Kier molecular flexibility index (Phi) is 7.35. The van der Waals surface area contributed by atoms with Crippen LogP contribution in [0.25, 0.3) is 0 Å². The predicted molar refractivity (Wildman–Crippen MR) is 73.7 cm³/mol. The molecule has 0 heterocycles. The fourth-order valence-corrected chi connectivity index (χ4v) is 3.08. The van der Waals surface area contributed by atoms with E-state index >= 15 is 0 Å². The summed E-state index contributed by atoms with van der Waals surface area (Å²) in [6.45, 7) is 8.20. The molecule has 0 bridgehead atoms. The van der Waals surface area contributed by atoms with Crippen molar-refractivity contribution in [2.75, 3.05) is 6.54 Å². The molecular weight excluding hydrogens is 298 g/mol. The van der Waals surface area contributed by atoms with Crippen LogP contribution in [-0.2, 0) is 32.5 Å². The van der Waals surface area contributed by atoms with E-state index in [2.05, 4.69) is 11.9 Å². The first kappa shape index (κ1) is 18.8. The van der Waals surface area contributed by atoms with Crippen molar-refractivity contribution in [3.05, 3.63) is 12.2 Å². The number of hydrogen-bond donors (Lipinski definition) is 1. The SMILES string of the molecule is C=C(C)C(=O)NCC(=O)O[Si](CC)(OC(C)=O)OC(C)=O. The van der Waals surface area contributed by atoms with Gasteiger partial charge in [-0.2, -0.15) is 0 Å². The van der Waals surface area contributed by atoms with Crippen LogP contribution in [0.15, 0.2) is 12.2 Å². The van der Waals surface area contributed by atoms with E-state index in [9.17, 15) is 19.2 Å². The smallest absolute Gasteiger partial charge is 0.455 e. The lowest BCUT2D eigenvalue weighted by Gasteiger charge is -2.25. The number of carbonyl (C=O) groups is 4. The van der Waals surface area contributed by atoms with Crippen molar-refractivity contribution in [2.45, 2.75) is 33.7 Å². The summed E-state index contributed by atoms with van der Waals surface area (Å²) in [4.78, 5) is 45.1. The first-order valence-corrected chi connectivity index (χ1v) is 8.09. The Labute approximate surface area is 123 Å². The van der Waals surface area contributed by atoms with Crippen LogP contribution in [-0.4, -0.2) is 39.2 Å². The molecule has 0 rings (SSSR count). The Morgan fingerprint density at radius 2 is 1.48 bits per heavy atom. The molecule has 0 saturated heterocycles. The third-order valence-corrected chi connectivity index (χ3v) is 4.68. The van der Waals surface area contributed by atoms with E-state index in [4.69, 9.17) is 13.3 Å². The van der Waals surface area contributed by atoms with E-state index in [0.717, 1.165) is 13.8 Å². The van der Waals surface area contributed by atoms with Crippen LogP contribution >= 0.6 is 0 Å². The highest BCUT2D eigenvalue weighted by Crippen LogP contribution is 2.16. The number of rotatable bonds is 7. The van der Waals surface area contributed by atoms with E-state index in [1.54, 1.807) is 6.92 Å². The molecule has 0 aromatic heterocycles. The average Bonchev–Trinajstić information content (AvgIpc) is 2.33. The normalized spacial score (nSPS) is 10.3. The van der Waals surface area contributed by atoms with Crippen LogP contribution in [0.2, 0.25) is 6.04 Å². The minimum Gasteiger partial charge on any atom is -0.455 e. The van der Waals surface area contributed by atoms with Crippen molar-refractivity contribution >= 4 is 32.6 Å². The molecule has 1 N–H and O–H groups in total. The van der Waals surface area contributed by atoms with Gasteiger partial charge in [-0.25, -0.2) is 0 Å². The minimum atomic E-state index is -3.78. The van der Waals surface area contributed by atoms with Gasteiger partial charge in [-0.1, -0.05) is 13.5 Å². The molecule has 0 aromatic rings. The molecule has 0 aliphatic carbocycles. The van der Waals surface area contributed by atoms with E-state index in [1.165, 1.54) is 6.92 Å². The van der Waals surface area contributed by atoms with Crippen LogP contribution in [0.1, 0.15) is 27.7 Å². The number of carbonyl (C=O) groups excluding carboxylic acids is 4. The number of hydrogen-bond acceptors (Lipinski definition) is 7. The van der Waals surface area contributed by atoms with Crippen molar-refractivity contribution < 1.29 is 32.5 Å². The third-order valence-electron chi connectivity index (χ3n) is 2.08. The second-order valence-corrected chi connectivity index (χ2v) is 6.85. The largest absolute Gasteiger partial charge is 0.704 e. The van der Waals surface area contributed by atoms with Gasteiger partial charge in [-0.05, 0) is 6.92 Å². The zero-order valence-corrected chi connectivity index (χ0v) is 13.5. The summed E-state index contributed by atoms with van der Waals surface area (Å²) >= 11 is 0. The Morgan fingerprint density at radius 3 is 1.81 bits per heavy atom. The van der Waals surface area contributed by atoms with Crippen LogP contribution in [0, 0.1) is 0 Å². The van der Waals surface area contributed by atoms with Gasteiger partial charge in [-0.15, -0.1) is 0 Å². The molecule has 0 spiro atoms. The van der Waals surface area contributed by atoms with Crippen molar-refractivity contribution in [1.82, 2.24) is 5.32 Å². The van der Waals surface area contributed by atoms with Gasteiger partial charge in [0.25, 0.3) is 11.9 Å². The van der Waals surface area contributed by atoms with E-state index in [-0.39, 0.29) is 11.6 Å². The van der Waals surface area contributed by atoms with Gasteiger partial charge in [-0.3, -0.25) is 19.2 Å². The minimum absolute atomic E-state index is 0.0341. The fraction of sp³-hybridized carbons (Fsp3) is 0.500. The Hall–Kier alpha value is -2.16. The van der Waals surface area contributed by atoms with E-state index in [0.29, 0.717) is 0 Å². The molecule has 0 fully saturated rings. The van der Waals surface area contributed by atoms with Crippen molar-refractivity contribution in [3.63, 3.8) is 0 Å². The summed E-state index contributed by atoms with van der Waals surface area (Å²) < 4.78 is 14.8. The van der Waals surface area contributed by atoms with E-state index < -0.39 is 39.2 Å². The molecule has 0 radical (unpaired) electrons. The molecule has 9 heteroatoms. The summed E-state index contributed by atoms with van der Waals surface area (Å²) in [7, 11) is -3.78. The topological polar surface area (TPSA) is 108 Å². The van der Waals surface area contributed by atoms with Gasteiger partial charge in [0.2, 0.25) is 5.91 Å². The molecular formula is C12H19NO7Si. The van der Waals surface area contributed by atoms with Gasteiger partial charge in [0.05, 0.1) is 6.04 Å². The van der Waals surface area contributed by atoms with Gasteiger partial charge < -0.3 is 18.6 Å². The Bertz CT molecular complexity index is 445. The average molecular weight is 317 g/mol. The Morgan fingerprint density at radius 1 is 1.00 bits per heavy atom. The molecule has 0 aliphatic rings. The first-order chi connectivity index (χ1) is 9.61. The summed E-state index contributed by atoms with van der Waals surface area (Å²) in [5, 5.41) is 2.26. The van der Waals surface area contributed by atoms with Gasteiger partial charge in [0, 0.05) is 19.4 Å². The maximum atomic E-state index is 11.7. The summed E-state index contributed by atoms with van der Waals surface area (Å²) in [5.41, 5.74) is 0.224. The van der Waals surface area contributed by atoms with Gasteiger partial charge in [0.15, 0.2) is 0 Å². The predicted octanol–water partition coefficient (Wildman–Crippen LogP) is 0.307. The monoisotopic (exact) mass is 317 g/mol. The third kappa shape index (κ3) is 7.25. The molecule has 0 aromatic carbocycles. The second-order valence-electron chi connectivity index (χ2n) is 4.16. The number of nitrogens with one attached hydrogen (secondary N) is 1. The second kappa shape index (κ2) is 8.20. The molecule has 118 valence electrons. The van der Waals surface area contributed by atoms with Gasteiger partial charge >= 0.3 is 14.8 Å². The highest BCUT2D eigenvalue weighted by Gasteiger charge is 2.50. The molecule has 0 saturated carbocycles. The van der Waals surface area contributed by atoms with Gasteiger partial charge in [0.1, 0.15) is 6.54 Å². The first-order valence-electron chi connectivity index (χ1n) is 6.16. The van der Waals surface area contributed by atoms with E-state index in [1.807, 2.05) is 0 Å². The lowest BCUT2D eigenvalue weighted by molar-refractivity contribution is -0.149. The van der Waals surface area contributed by atoms with Crippen LogP contribution in [0.3, 0.4) is 0 Å². The maximum Gasteiger partial charge on any atom is 0.704 e. The molecule has 21 heavy (non-hydrogen) atoms. The number of amides is 1. The molecule has 0 aliphatic heterocycles. The molecule has 0 unspecified atom stereocenters. The van der Waals surface area contributed by atoms with Crippen LogP contribution < -0.4 is 5.32 Å². The summed E-state index contributed by atoms with van der Waals surface area (Å²) in [5.74, 6) is -2.86. The highest BCUT2D eigenvalue weighted by atomic mass is 28.4. The quantitative estimate of drug-likeness (QED) is 0.531. The van der Waals surface area contributed by atoms with Crippen molar-refractivity contribution in [1.29, 1.82) is 0 Å². The van der Waals surface area contributed by atoms with Crippen molar-refractivity contribution in [3.8, 4) is 0 Å². The summed E-state index contributed by atoms with van der Waals surface area (Å²) in [6, 6.07) is 0.0341. The maximum absolute atomic E-state index is 11.7. The summed E-state index contributed by atoms with van der Waals surface area (Å²) in [6.07, 6.45) is 0. The van der Waals surface area contributed by atoms with Crippen LogP contribution in [0.4, 0.5) is 0 Å². The zero-order chi connectivity index (χ0) is 16.6. The van der Waals surface area contributed by atoms with Crippen molar-refractivity contribution in [2.24, 2.45) is 0 Å².